The standard InChI is InChI=1S/C23H21ClO4/c1-15-11-21(12-16(2)23(15)24)27-14-20-8-7-18(28-20)9-10-22(25)17-5-4-6-19(13-17)26-3/h4-13H,14H2,1-3H3/b10-9+. The van der Waals surface area contributed by atoms with E-state index in [1.165, 1.54) is 6.08 Å². The molecule has 1 heterocycles. The summed E-state index contributed by atoms with van der Waals surface area (Å²) in [5.74, 6) is 2.50. The van der Waals surface area contributed by atoms with Crippen LogP contribution in [0, 0.1) is 13.8 Å². The minimum Gasteiger partial charge on any atom is -0.497 e. The van der Waals surface area contributed by atoms with Crippen molar-refractivity contribution in [3.8, 4) is 11.5 Å². The molecule has 0 fully saturated rings. The molecule has 28 heavy (non-hydrogen) atoms. The molecule has 0 aliphatic carbocycles. The number of aryl methyl sites for hydroxylation is 2. The molecule has 0 aliphatic heterocycles. The van der Waals surface area contributed by atoms with Crippen molar-refractivity contribution in [2.24, 2.45) is 0 Å². The lowest BCUT2D eigenvalue weighted by Crippen LogP contribution is -1.95. The summed E-state index contributed by atoms with van der Waals surface area (Å²) in [7, 11) is 1.57. The van der Waals surface area contributed by atoms with Crippen LogP contribution < -0.4 is 9.47 Å². The molecule has 0 aliphatic rings. The zero-order chi connectivity index (χ0) is 20.1. The second kappa shape index (κ2) is 8.81. The summed E-state index contributed by atoms with van der Waals surface area (Å²) in [5.41, 5.74) is 2.49. The van der Waals surface area contributed by atoms with Crippen molar-refractivity contribution in [1.82, 2.24) is 0 Å². The molecule has 0 atom stereocenters. The van der Waals surface area contributed by atoms with Gasteiger partial charge in [-0.25, -0.2) is 0 Å². The number of carbonyl (C=O) groups excluding carboxylic acids is 1. The Bertz CT molecular complexity index is 994. The van der Waals surface area contributed by atoms with Crippen LogP contribution in [0.5, 0.6) is 11.5 Å². The van der Waals surface area contributed by atoms with Gasteiger partial charge in [0.25, 0.3) is 0 Å². The van der Waals surface area contributed by atoms with Crippen molar-refractivity contribution in [3.63, 3.8) is 0 Å². The lowest BCUT2D eigenvalue weighted by Gasteiger charge is -2.08. The van der Waals surface area contributed by atoms with Crippen molar-refractivity contribution in [2.75, 3.05) is 7.11 Å². The largest absolute Gasteiger partial charge is 0.497 e. The quantitative estimate of drug-likeness (QED) is 0.361. The zero-order valence-electron chi connectivity index (χ0n) is 16.0. The first-order valence-corrected chi connectivity index (χ1v) is 9.19. The van der Waals surface area contributed by atoms with Crippen LogP contribution in [0.4, 0.5) is 0 Å². The number of hydrogen-bond donors (Lipinski definition) is 0. The molecule has 0 amide bonds. The van der Waals surface area contributed by atoms with E-state index in [1.807, 2.05) is 32.0 Å². The van der Waals surface area contributed by atoms with Crippen LogP contribution in [-0.4, -0.2) is 12.9 Å². The van der Waals surface area contributed by atoms with Gasteiger partial charge in [-0.05, 0) is 73.5 Å². The second-order valence-corrected chi connectivity index (χ2v) is 6.77. The Balaban J connectivity index is 1.62. The van der Waals surface area contributed by atoms with Crippen LogP contribution in [0.2, 0.25) is 5.02 Å². The highest BCUT2D eigenvalue weighted by atomic mass is 35.5. The van der Waals surface area contributed by atoms with Gasteiger partial charge in [0, 0.05) is 10.6 Å². The number of ketones is 1. The van der Waals surface area contributed by atoms with Crippen molar-refractivity contribution < 1.29 is 18.7 Å². The van der Waals surface area contributed by atoms with Crippen LogP contribution in [-0.2, 0) is 6.61 Å². The number of ether oxygens (including phenoxy) is 2. The fourth-order valence-electron chi connectivity index (χ4n) is 2.74. The van der Waals surface area contributed by atoms with Crippen LogP contribution in [0.15, 0.2) is 59.0 Å². The summed E-state index contributed by atoms with van der Waals surface area (Å²) in [6.45, 7) is 4.17. The van der Waals surface area contributed by atoms with Crippen molar-refractivity contribution in [1.29, 1.82) is 0 Å². The van der Waals surface area contributed by atoms with Gasteiger partial charge in [-0.3, -0.25) is 4.79 Å². The first-order chi connectivity index (χ1) is 13.5. The van der Waals surface area contributed by atoms with Crippen molar-refractivity contribution in [3.05, 3.63) is 87.8 Å². The summed E-state index contributed by atoms with van der Waals surface area (Å²) >= 11 is 6.18. The van der Waals surface area contributed by atoms with Gasteiger partial charge in [-0.1, -0.05) is 23.7 Å². The third-order valence-corrected chi connectivity index (χ3v) is 4.82. The summed E-state index contributed by atoms with van der Waals surface area (Å²) in [5, 5.41) is 0.749. The van der Waals surface area contributed by atoms with E-state index in [-0.39, 0.29) is 12.4 Å². The predicted molar refractivity (Wildman–Crippen MR) is 110 cm³/mol. The summed E-state index contributed by atoms with van der Waals surface area (Å²) in [4.78, 5) is 12.3. The average Bonchev–Trinajstić information content (AvgIpc) is 3.16. The SMILES string of the molecule is COc1cccc(C(=O)/C=C/c2ccc(COc3cc(C)c(Cl)c(C)c3)o2)c1. The number of carbonyl (C=O) groups is 1. The van der Waals surface area contributed by atoms with E-state index in [0.717, 1.165) is 21.9 Å². The third kappa shape index (κ3) is 4.84. The Morgan fingerprint density at radius 2 is 1.82 bits per heavy atom. The maximum Gasteiger partial charge on any atom is 0.186 e. The molecular weight excluding hydrogens is 376 g/mol. The molecule has 0 saturated carbocycles. The van der Waals surface area contributed by atoms with Crippen LogP contribution >= 0.6 is 11.6 Å². The normalized spacial score (nSPS) is 11.0. The number of hydrogen-bond acceptors (Lipinski definition) is 4. The number of allylic oxidation sites excluding steroid dienone is 1. The van der Waals surface area contributed by atoms with E-state index in [9.17, 15) is 4.79 Å². The lowest BCUT2D eigenvalue weighted by atomic mass is 10.1. The molecule has 2 aromatic carbocycles. The van der Waals surface area contributed by atoms with Gasteiger partial charge in [0.15, 0.2) is 5.78 Å². The Morgan fingerprint density at radius 3 is 2.54 bits per heavy atom. The average molecular weight is 397 g/mol. The highest BCUT2D eigenvalue weighted by Gasteiger charge is 2.07. The highest BCUT2D eigenvalue weighted by Crippen LogP contribution is 2.26. The predicted octanol–water partition coefficient (Wildman–Crippen LogP) is 6.03. The molecule has 0 saturated heterocycles. The molecule has 0 spiro atoms. The Kier molecular flexibility index (Phi) is 6.22. The molecule has 0 N–H and O–H groups in total. The van der Waals surface area contributed by atoms with Crippen LogP contribution in [0.3, 0.4) is 0 Å². The molecule has 4 nitrogen and oxygen atoms in total. The van der Waals surface area contributed by atoms with E-state index in [4.69, 9.17) is 25.5 Å². The maximum absolute atomic E-state index is 12.3. The van der Waals surface area contributed by atoms with Gasteiger partial charge < -0.3 is 13.9 Å². The van der Waals surface area contributed by atoms with Gasteiger partial charge in [0.2, 0.25) is 0 Å². The number of benzene rings is 2. The number of halogens is 1. The van der Waals surface area contributed by atoms with Gasteiger partial charge in [-0.2, -0.15) is 0 Å². The summed E-state index contributed by atoms with van der Waals surface area (Å²) in [6.07, 6.45) is 3.12. The fourth-order valence-corrected chi connectivity index (χ4v) is 2.85. The van der Waals surface area contributed by atoms with E-state index >= 15 is 0 Å². The highest BCUT2D eigenvalue weighted by molar-refractivity contribution is 6.32. The van der Waals surface area contributed by atoms with Gasteiger partial charge in [0.05, 0.1) is 7.11 Å². The molecule has 5 heteroatoms. The third-order valence-electron chi connectivity index (χ3n) is 4.23. The molecule has 0 bridgehead atoms. The monoisotopic (exact) mass is 396 g/mol. The van der Waals surface area contributed by atoms with E-state index < -0.39 is 0 Å². The first kappa shape index (κ1) is 19.8. The first-order valence-electron chi connectivity index (χ1n) is 8.81. The van der Waals surface area contributed by atoms with E-state index in [2.05, 4.69) is 0 Å². The number of rotatable bonds is 7. The topological polar surface area (TPSA) is 48.7 Å². The maximum atomic E-state index is 12.3. The molecular formula is C23H21ClO4. The molecule has 0 unspecified atom stereocenters. The smallest absolute Gasteiger partial charge is 0.186 e. The summed E-state index contributed by atoms with van der Waals surface area (Å²) < 4.78 is 16.6. The van der Waals surface area contributed by atoms with Crippen LogP contribution in [0.25, 0.3) is 6.08 Å². The molecule has 3 rings (SSSR count). The van der Waals surface area contributed by atoms with Gasteiger partial charge in [0.1, 0.15) is 29.6 Å². The lowest BCUT2D eigenvalue weighted by molar-refractivity contribution is 0.104. The molecule has 0 radical (unpaired) electrons. The van der Waals surface area contributed by atoms with E-state index in [0.29, 0.717) is 22.8 Å². The Labute approximate surface area is 169 Å². The fraction of sp³-hybridized carbons (Fsp3) is 0.174. The number of methoxy groups -OCH3 is 1. The van der Waals surface area contributed by atoms with Crippen molar-refractivity contribution >= 4 is 23.5 Å². The molecule has 3 aromatic rings. The number of furan rings is 1. The van der Waals surface area contributed by atoms with E-state index in [1.54, 1.807) is 43.5 Å². The second-order valence-electron chi connectivity index (χ2n) is 6.39. The van der Waals surface area contributed by atoms with Crippen molar-refractivity contribution in [2.45, 2.75) is 20.5 Å². The Hall–Kier alpha value is -2.98. The van der Waals surface area contributed by atoms with Gasteiger partial charge >= 0.3 is 0 Å². The Morgan fingerprint density at radius 1 is 1.07 bits per heavy atom. The molecule has 1 aromatic heterocycles. The minimum absolute atomic E-state index is 0.125. The minimum atomic E-state index is -0.125. The van der Waals surface area contributed by atoms with Crippen LogP contribution in [0.1, 0.15) is 33.0 Å². The zero-order valence-corrected chi connectivity index (χ0v) is 16.7. The van der Waals surface area contributed by atoms with Gasteiger partial charge in [-0.15, -0.1) is 0 Å². The summed E-state index contributed by atoms with van der Waals surface area (Å²) in [6, 6.07) is 14.4. The molecule has 144 valence electrons.